The summed E-state index contributed by atoms with van der Waals surface area (Å²) in [6, 6.07) is 14.1. The molecule has 0 aliphatic heterocycles. The minimum absolute atomic E-state index is 0.0729. The zero-order valence-electron chi connectivity index (χ0n) is 17.7. The molecule has 0 unspecified atom stereocenters. The van der Waals surface area contributed by atoms with Gasteiger partial charge in [-0.05, 0) is 38.1 Å². The van der Waals surface area contributed by atoms with E-state index >= 15 is 0 Å². The highest BCUT2D eigenvalue weighted by Crippen LogP contribution is 2.21. The van der Waals surface area contributed by atoms with Gasteiger partial charge in [0.2, 0.25) is 21.7 Å². The van der Waals surface area contributed by atoms with E-state index in [1.54, 1.807) is 31.2 Å². The van der Waals surface area contributed by atoms with E-state index in [-0.39, 0.29) is 18.3 Å². The van der Waals surface area contributed by atoms with Crippen molar-refractivity contribution < 1.29 is 22.5 Å². The first-order valence-electron chi connectivity index (χ1n) is 9.51. The molecule has 1 N–H and O–H groups in total. The van der Waals surface area contributed by atoms with Crippen LogP contribution in [0.4, 0.5) is 5.69 Å². The number of amides is 1. The molecule has 0 bridgehead atoms. The Labute approximate surface area is 181 Å². The molecule has 1 aromatic heterocycles. The molecule has 1 atom stereocenters. The van der Waals surface area contributed by atoms with Crippen LogP contribution in [0.5, 0.6) is 5.75 Å². The number of benzene rings is 2. The van der Waals surface area contributed by atoms with Gasteiger partial charge in [0.05, 0.1) is 18.5 Å². The first kappa shape index (κ1) is 22.3. The number of carbonyl (C=O) groups excluding carboxylic acids is 1. The molecule has 31 heavy (non-hydrogen) atoms. The Bertz CT molecular complexity index is 1140. The average Bonchev–Trinajstić information content (AvgIpc) is 3.21. The van der Waals surface area contributed by atoms with Crippen LogP contribution in [0, 0.1) is 6.92 Å². The molecule has 0 saturated heterocycles. The van der Waals surface area contributed by atoms with E-state index in [1.165, 1.54) is 7.05 Å². The second-order valence-electron chi connectivity index (χ2n) is 7.08. The third kappa shape index (κ3) is 5.82. The number of aromatic nitrogens is 2. The number of hydrogen-bond donors (Lipinski definition) is 1. The summed E-state index contributed by atoms with van der Waals surface area (Å²) in [6.45, 7) is 3.67. The number of anilines is 1. The van der Waals surface area contributed by atoms with Crippen LogP contribution < -0.4 is 14.4 Å². The van der Waals surface area contributed by atoms with Crippen molar-refractivity contribution in [3.63, 3.8) is 0 Å². The van der Waals surface area contributed by atoms with E-state index in [4.69, 9.17) is 9.26 Å². The van der Waals surface area contributed by atoms with Gasteiger partial charge < -0.3 is 14.6 Å². The van der Waals surface area contributed by atoms with Crippen LogP contribution in [0.3, 0.4) is 0 Å². The van der Waals surface area contributed by atoms with Crippen molar-refractivity contribution in [2.24, 2.45) is 0 Å². The van der Waals surface area contributed by atoms with E-state index in [1.807, 2.05) is 31.2 Å². The first-order chi connectivity index (χ1) is 14.6. The van der Waals surface area contributed by atoms with Gasteiger partial charge in [0.1, 0.15) is 5.75 Å². The average molecular weight is 445 g/mol. The van der Waals surface area contributed by atoms with Crippen molar-refractivity contribution in [1.29, 1.82) is 0 Å². The fraction of sp³-hybridized carbons (Fsp3) is 0.286. The normalized spacial score (nSPS) is 12.3. The fourth-order valence-electron chi connectivity index (χ4n) is 2.64. The van der Waals surface area contributed by atoms with Crippen LogP contribution in [-0.2, 0) is 21.4 Å². The summed E-state index contributed by atoms with van der Waals surface area (Å²) in [7, 11) is -1.89. The quantitative estimate of drug-likeness (QED) is 0.568. The zero-order chi connectivity index (χ0) is 22.6. The topological polar surface area (TPSA) is 115 Å². The van der Waals surface area contributed by atoms with Crippen molar-refractivity contribution in [2.45, 2.75) is 26.5 Å². The summed E-state index contributed by atoms with van der Waals surface area (Å²) in [4.78, 5) is 16.6. The summed E-state index contributed by atoms with van der Waals surface area (Å²) in [5, 5.41) is 6.63. The zero-order valence-corrected chi connectivity index (χ0v) is 18.5. The summed E-state index contributed by atoms with van der Waals surface area (Å²) in [5.41, 5.74) is 2.45. The minimum Gasteiger partial charge on any atom is -0.481 e. The Morgan fingerprint density at radius 2 is 1.81 bits per heavy atom. The van der Waals surface area contributed by atoms with E-state index < -0.39 is 16.1 Å². The predicted molar refractivity (Wildman–Crippen MR) is 116 cm³/mol. The van der Waals surface area contributed by atoms with Gasteiger partial charge in [-0.1, -0.05) is 35.0 Å². The van der Waals surface area contributed by atoms with Crippen molar-refractivity contribution >= 4 is 21.6 Å². The van der Waals surface area contributed by atoms with Gasteiger partial charge in [-0.2, -0.15) is 4.98 Å². The Balaban J connectivity index is 1.53. The Morgan fingerprint density at radius 3 is 2.42 bits per heavy atom. The molecule has 1 amide bonds. The Hall–Kier alpha value is -3.40. The third-order valence-corrected chi connectivity index (χ3v) is 5.78. The third-order valence-electron chi connectivity index (χ3n) is 4.57. The van der Waals surface area contributed by atoms with E-state index in [2.05, 4.69) is 15.5 Å². The highest BCUT2D eigenvalue weighted by Gasteiger charge is 2.17. The molecule has 10 heteroatoms. The van der Waals surface area contributed by atoms with E-state index in [0.29, 0.717) is 17.3 Å². The molecule has 0 aliphatic rings. The maximum Gasteiger partial charge on any atom is 0.261 e. The van der Waals surface area contributed by atoms with Gasteiger partial charge >= 0.3 is 0 Å². The van der Waals surface area contributed by atoms with Gasteiger partial charge in [-0.3, -0.25) is 9.10 Å². The highest BCUT2D eigenvalue weighted by atomic mass is 32.2. The Kier molecular flexibility index (Phi) is 6.59. The molecule has 9 nitrogen and oxygen atoms in total. The first-order valence-corrected chi connectivity index (χ1v) is 11.4. The summed E-state index contributed by atoms with van der Waals surface area (Å²) >= 11 is 0. The number of nitrogens with zero attached hydrogens (tertiary/aromatic N) is 3. The minimum atomic E-state index is -3.35. The van der Waals surface area contributed by atoms with Crippen LogP contribution in [0.25, 0.3) is 11.4 Å². The lowest BCUT2D eigenvalue weighted by Crippen LogP contribution is -2.36. The summed E-state index contributed by atoms with van der Waals surface area (Å²) in [6.07, 6.45) is 0.342. The second-order valence-corrected chi connectivity index (χ2v) is 9.09. The largest absolute Gasteiger partial charge is 0.481 e. The van der Waals surface area contributed by atoms with Crippen molar-refractivity contribution in [3.05, 3.63) is 60.0 Å². The molecule has 1 heterocycles. The van der Waals surface area contributed by atoms with Gasteiger partial charge in [0.25, 0.3) is 5.91 Å². The Morgan fingerprint density at radius 1 is 1.16 bits per heavy atom. The SMILES string of the molecule is Cc1ccc(-c2noc(CNC(=O)[C@H](C)Oc3ccc(N(C)S(C)(=O)=O)cc3)n2)cc1. The van der Waals surface area contributed by atoms with Gasteiger partial charge in [0, 0.05) is 12.6 Å². The van der Waals surface area contributed by atoms with E-state index in [0.717, 1.165) is 21.7 Å². The van der Waals surface area contributed by atoms with Crippen molar-refractivity contribution in [2.75, 3.05) is 17.6 Å². The lowest BCUT2D eigenvalue weighted by atomic mass is 10.1. The van der Waals surface area contributed by atoms with Gasteiger partial charge in [-0.15, -0.1) is 0 Å². The summed E-state index contributed by atoms with van der Waals surface area (Å²) in [5.74, 6) is 0.817. The number of sulfonamides is 1. The molecule has 0 saturated carbocycles. The second kappa shape index (κ2) is 9.17. The summed E-state index contributed by atoms with van der Waals surface area (Å²) < 4.78 is 35.2. The standard InChI is InChI=1S/C21H24N4O5S/c1-14-5-7-16(8-6-14)20-23-19(30-24-20)13-22-21(26)15(2)29-18-11-9-17(10-12-18)25(3)31(4,27)28/h5-12,15H,13H2,1-4H3,(H,22,26)/t15-/m0/s1. The number of rotatable bonds is 8. The molecule has 164 valence electrons. The fourth-order valence-corrected chi connectivity index (χ4v) is 3.14. The smallest absolute Gasteiger partial charge is 0.261 e. The van der Waals surface area contributed by atoms with Crippen LogP contribution >= 0.6 is 0 Å². The van der Waals surface area contributed by atoms with Gasteiger partial charge in [-0.25, -0.2) is 8.42 Å². The number of ether oxygens (including phenoxy) is 1. The number of nitrogens with one attached hydrogen (secondary N) is 1. The maximum absolute atomic E-state index is 12.3. The van der Waals surface area contributed by atoms with Gasteiger partial charge in [0.15, 0.2) is 6.10 Å². The molecule has 0 fully saturated rings. The maximum atomic E-state index is 12.3. The predicted octanol–water partition coefficient (Wildman–Crippen LogP) is 2.52. The number of carbonyl (C=O) groups is 1. The van der Waals surface area contributed by atoms with E-state index in [9.17, 15) is 13.2 Å². The molecule has 3 rings (SSSR count). The lowest BCUT2D eigenvalue weighted by molar-refractivity contribution is -0.127. The molecule has 0 radical (unpaired) electrons. The van der Waals surface area contributed by atoms with Crippen molar-refractivity contribution in [1.82, 2.24) is 15.5 Å². The van der Waals surface area contributed by atoms with Crippen molar-refractivity contribution in [3.8, 4) is 17.1 Å². The number of aryl methyl sites for hydroxylation is 1. The van der Waals surface area contributed by atoms with Crippen LogP contribution in [-0.4, -0.2) is 43.9 Å². The molecular formula is C21H24N4O5S. The monoisotopic (exact) mass is 444 g/mol. The molecule has 3 aromatic rings. The highest BCUT2D eigenvalue weighted by molar-refractivity contribution is 7.92. The molecule has 0 spiro atoms. The van der Waals surface area contributed by atoms with Crippen LogP contribution in [0.2, 0.25) is 0 Å². The van der Waals surface area contributed by atoms with Crippen LogP contribution in [0.15, 0.2) is 53.1 Å². The van der Waals surface area contributed by atoms with Crippen LogP contribution in [0.1, 0.15) is 18.4 Å². The number of hydrogen-bond acceptors (Lipinski definition) is 7. The molecule has 0 aliphatic carbocycles. The molecular weight excluding hydrogens is 420 g/mol. The lowest BCUT2D eigenvalue weighted by Gasteiger charge is -2.18. The molecule has 2 aromatic carbocycles.